The van der Waals surface area contributed by atoms with E-state index in [4.69, 9.17) is 21.1 Å². The zero-order valence-electron chi connectivity index (χ0n) is 18.8. The summed E-state index contributed by atoms with van der Waals surface area (Å²) < 4.78 is 12.2. The third-order valence-corrected chi connectivity index (χ3v) is 6.56. The summed E-state index contributed by atoms with van der Waals surface area (Å²) >= 11 is 6.28. The molecule has 5 heteroatoms. The molecule has 35 heavy (non-hydrogen) atoms. The number of esters is 2. The summed E-state index contributed by atoms with van der Waals surface area (Å²) in [6, 6.07) is 35.3. The highest BCUT2D eigenvalue weighted by Gasteiger charge is 2.58. The number of hydrogen-bond donors (Lipinski definition) is 0. The van der Waals surface area contributed by atoms with Crippen molar-refractivity contribution in [1.82, 2.24) is 0 Å². The second kappa shape index (κ2) is 9.77. The predicted octanol–water partition coefficient (Wildman–Crippen LogP) is 6.60. The van der Waals surface area contributed by atoms with Crippen LogP contribution < -0.4 is 0 Å². The number of rotatable bonds is 6. The molecule has 4 nitrogen and oxygen atoms in total. The lowest BCUT2D eigenvalue weighted by Gasteiger charge is -2.33. The van der Waals surface area contributed by atoms with Crippen LogP contribution in [-0.4, -0.2) is 11.9 Å². The molecule has 4 aromatic rings. The van der Waals surface area contributed by atoms with E-state index in [9.17, 15) is 9.59 Å². The fourth-order valence-corrected chi connectivity index (χ4v) is 4.90. The van der Waals surface area contributed by atoms with E-state index >= 15 is 0 Å². The number of ether oxygens (including phenoxy) is 2. The molecule has 1 fully saturated rings. The average Bonchev–Trinajstić information content (AvgIpc) is 3.27. The quantitative estimate of drug-likeness (QED) is 0.290. The van der Waals surface area contributed by atoms with Crippen molar-refractivity contribution >= 4 is 23.5 Å². The van der Waals surface area contributed by atoms with E-state index in [1.807, 2.05) is 84.9 Å². The molecular weight excluding hydrogens is 460 g/mol. The minimum atomic E-state index is -1.65. The maximum absolute atomic E-state index is 14.2. The van der Waals surface area contributed by atoms with Gasteiger partial charge in [-0.05, 0) is 28.8 Å². The molecule has 0 bridgehead atoms. The third-order valence-electron chi connectivity index (χ3n) is 6.32. The molecule has 4 aromatic carbocycles. The Morgan fingerprint density at radius 2 is 1.40 bits per heavy atom. The Labute approximate surface area is 209 Å². The molecule has 0 spiro atoms. The Kier molecular flexibility index (Phi) is 6.39. The van der Waals surface area contributed by atoms with Gasteiger partial charge in [0.1, 0.15) is 0 Å². The van der Waals surface area contributed by atoms with Gasteiger partial charge in [0, 0.05) is 16.5 Å². The highest BCUT2D eigenvalue weighted by molar-refractivity contribution is 6.30. The molecule has 0 radical (unpaired) electrons. The number of hydrogen-bond acceptors (Lipinski definition) is 4. The van der Waals surface area contributed by atoms with Crippen molar-refractivity contribution in [2.45, 2.75) is 24.0 Å². The van der Waals surface area contributed by atoms with Crippen molar-refractivity contribution in [3.05, 3.63) is 143 Å². The summed E-state index contributed by atoms with van der Waals surface area (Å²) in [4.78, 5) is 27.0. The van der Waals surface area contributed by atoms with Crippen LogP contribution in [-0.2, 0) is 24.7 Å². The summed E-state index contributed by atoms with van der Waals surface area (Å²) in [7, 11) is 0. The number of halogens is 1. The molecule has 1 heterocycles. The number of carbonyl (C=O) groups is 2. The smallest absolute Gasteiger partial charge is 0.357 e. The molecule has 1 saturated heterocycles. The normalized spacial score (nSPS) is 19.4. The van der Waals surface area contributed by atoms with Gasteiger partial charge in [-0.1, -0.05) is 115 Å². The van der Waals surface area contributed by atoms with Crippen LogP contribution in [0.15, 0.2) is 115 Å². The third kappa shape index (κ3) is 4.45. The van der Waals surface area contributed by atoms with Gasteiger partial charge in [-0.15, -0.1) is 0 Å². The molecular formula is C30H23ClO4. The summed E-state index contributed by atoms with van der Waals surface area (Å²) in [5.41, 5.74) is 1.28. The molecule has 0 amide bonds. The Hall–Kier alpha value is -3.89. The number of carbonyl (C=O) groups excluding carboxylic acids is 2. The SMILES string of the molecule is O=C1C[C@@H](c2cccc(Cl)c2)[C@@](C(=O)OC(c2ccccc2)c2ccccc2)(c2ccccc2)O1. The number of cyclic esters (lactones) is 1. The molecule has 5 rings (SSSR count). The molecule has 0 N–H and O–H groups in total. The van der Waals surface area contributed by atoms with E-state index in [-0.39, 0.29) is 6.42 Å². The summed E-state index contributed by atoms with van der Waals surface area (Å²) in [6.07, 6.45) is -0.643. The summed E-state index contributed by atoms with van der Waals surface area (Å²) in [6.45, 7) is 0. The van der Waals surface area contributed by atoms with Crippen LogP contribution in [0, 0.1) is 0 Å². The van der Waals surface area contributed by atoms with Gasteiger partial charge >= 0.3 is 11.9 Å². The van der Waals surface area contributed by atoms with Crippen molar-refractivity contribution in [3.8, 4) is 0 Å². The van der Waals surface area contributed by atoms with Crippen molar-refractivity contribution in [2.75, 3.05) is 0 Å². The first-order valence-corrected chi connectivity index (χ1v) is 11.8. The molecule has 174 valence electrons. The average molecular weight is 483 g/mol. The monoisotopic (exact) mass is 482 g/mol. The van der Waals surface area contributed by atoms with Gasteiger partial charge < -0.3 is 9.47 Å². The lowest BCUT2D eigenvalue weighted by molar-refractivity contribution is -0.180. The lowest BCUT2D eigenvalue weighted by atomic mass is 9.77. The van der Waals surface area contributed by atoms with Gasteiger partial charge in [-0.3, -0.25) is 4.79 Å². The maximum Gasteiger partial charge on any atom is 0.357 e. The summed E-state index contributed by atoms with van der Waals surface area (Å²) in [5.74, 6) is -1.69. The van der Waals surface area contributed by atoms with Gasteiger partial charge in [0.25, 0.3) is 0 Å². The second-order valence-electron chi connectivity index (χ2n) is 8.49. The Morgan fingerprint density at radius 1 is 0.829 bits per heavy atom. The van der Waals surface area contributed by atoms with Crippen LogP contribution >= 0.6 is 11.6 Å². The molecule has 2 atom stereocenters. The van der Waals surface area contributed by atoms with E-state index < -0.39 is 29.6 Å². The molecule has 0 aromatic heterocycles. The highest BCUT2D eigenvalue weighted by Crippen LogP contribution is 2.50. The first kappa shape index (κ1) is 22.9. The maximum atomic E-state index is 14.2. The first-order valence-electron chi connectivity index (χ1n) is 11.4. The van der Waals surface area contributed by atoms with Gasteiger partial charge in [0.2, 0.25) is 5.60 Å². The number of benzene rings is 4. The van der Waals surface area contributed by atoms with Crippen LogP contribution in [0.2, 0.25) is 5.02 Å². The van der Waals surface area contributed by atoms with Crippen molar-refractivity contribution < 1.29 is 19.1 Å². The molecule has 1 aliphatic heterocycles. The van der Waals surface area contributed by atoms with Crippen molar-refractivity contribution in [2.24, 2.45) is 0 Å². The minimum Gasteiger partial charge on any atom is -0.449 e. The zero-order chi connectivity index (χ0) is 24.3. The van der Waals surface area contributed by atoms with Crippen LogP contribution in [0.5, 0.6) is 0 Å². The molecule has 1 aliphatic rings. The van der Waals surface area contributed by atoms with E-state index in [1.54, 1.807) is 30.3 Å². The fraction of sp³-hybridized carbons (Fsp3) is 0.133. The van der Waals surface area contributed by atoms with Crippen molar-refractivity contribution in [3.63, 3.8) is 0 Å². The predicted molar refractivity (Wildman–Crippen MR) is 134 cm³/mol. The first-order chi connectivity index (χ1) is 17.1. The molecule has 0 unspecified atom stereocenters. The van der Waals surface area contributed by atoms with Gasteiger partial charge in [-0.2, -0.15) is 0 Å². The van der Waals surface area contributed by atoms with Crippen LogP contribution in [0.4, 0.5) is 0 Å². The Balaban J connectivity index is 1.63. The topological polar surface area (TPSA) is 52.6 Å². The van der Waals surface area contributed by atoms with Crippen molar-refractivity contribution in [1.29, 1.82) is 0 Å². The minimum absolute atomic E-state index is 0.0334. The standard InChI is InChI=1S/C30H23ClO4/c31-25-18-10-15-23(19-25)26-20-27(32)35-30(26,24-16-8-3-9-17-24)29(33)34-28(21-11-4-1-5-12-21)22-13-6-2-7-14-22/h1-19,26,28H,20H2/t26-,30+/m0/s1. The zero-order valence-corrected chi connectivity index (χ0v) is 19.6. The van der Waals surface area contributed by atoms with E-state index in [2.05, 4.69) is 0 Å². The van der Waals surface area contributed by atoms with E-state index in [0.717, 1.165) is 16.7 Å². The molecule has 0 aliphatic carbocycles. The largest absolute Gasteiger partial charge is 0.449 e. The van der Waals surface area contributed by atoms with Crippen LogP contribution in [0.1, 0.15) is 40.7 Å². The highest BCUT2D eigenvalue weighted by atomic mass is 35.5. The van der Waals surface area contributed by atoms with E-state index in [0.29, 0.717) is 10.6 Å². The van der Waals surface area contributed by atoms with E-state index in [1.165, 1.54) is 0 Å². The van der Waals surface area contributed by atoms with Gasteiger partial charge in [0.05, 0.1) is 6.42 Å². The molecule has 0 saturated carbocycles. The lowest BCUT2D eigenvalue weighted by Crippen LogP contribution is -2.42. The summed E-state index contributed by atoms with van der Waals surface area (Å²) in [5, 5.41) is 0.517. The van der Waals surface area contributed by atoms with Crippen LogP contribution in [0.25, 0.3) is 0 Å². The Bertz CT molecular complexity index is 1280. The second-order valence-corrected chi connectivity index (χ2v) is 8.93. The Morgan fingerprint density at radius 3 is 1.97 bits per heavy atom. The fourth-order valence-electron chi connectivity index (χ4n) is 4.71. The van der Waals surface area contributed by atoms with Gasteiger partial charge in [-0.25, -0.2) is 4.79 Å². The van der Waals surface area contributed by atoms with Crippen LogP contribution in [0.3, 0.4) is 0 Å². The van der Waals surface area contributed by atoms with Gasteiger partial charge in [0.15, 0.2) is 6.10 Å².